The molecule has 94 valence electrons. The lowest BCUT2D eigenvalue weighted by atomic mass is 10.2. The van der Waals surface area contributed by atoms with Crippen LogP contribution in [0.5, 0.6) is 5.75 Å². The first-order chi connectivity index (χ1) is 8.15. The standard InChI is InChI=1S/C13H18FNO2/c1-10-8-15(5-2-6-17-10)9-11-3-4-13(16)12(14)7-11/h3-4,7,10,16H,2,5-6,8-9H2,1H3. The molecule has 1 saturated heterocycles. The molecule has 1 heterocycles. The summed E-state index contributed by atoms with van der Waals surface area (Å²) in [5.74, 6) is -0.845. The van der Waals surface area contributed by atoms with Gasteiger partial charge in [-0.25, -0.2) is 4.39 Å². The van der Waals surface area contributed by atoms with Crippen LogP contribution < -0.4 is 0 Å². The molecule has 0 aromatic heterocycles. The van der Waals surface area contributed by atoms with E-state index >= 15 is 0 Å². The van der Waals surface area contributed by atoms with Gasteiger partial charge in [0.1, 0.15) is 0 Å². The summed E-state index contributed by atoms with van der Waals surface area (Å²) in [6.45, 7) is 5.37. The predicted molar refractivity (Wildman–Crippen MR) is 63.4 cm³/mol. The zero-order chi connectivity index (χ0) is 12.3. The van der Waals surface area contributed by atoms with E-state index < -0.39 is 5.82 Å². The Kier molecular flexibility index (Phi) is 3.97. The summed E-state index contributed by atoms with van der Waals surface area (Å²) in [5, 5.41) is 9.13. The number of nitrogens with zero attached hydrogens (tertiary/aromatic N) is 1. The lowest BCUT2D eigenvalue weighted by molar-refractivity contribution is 0.0668. The largest absolute Gasteiger partial charge is 0.505 e. The third-order valence-corrected chi connectivity index (χ3v) is 2.95. The molecule has 1 aliphatic rings. The van der Waals surface area contributed by atoms with E-state index in [-0.39, 0.29) is 11.9 Å². The number of ether oxygens (including phenoxy) is 1. The smallest absolute Gasteiger partial charge is 0.165 e. The minimum Gasteiger partial charge on any atom is -0.505 e. The van der Waals surface area contributed by atoms with Gasteiger partial charge in [0, 0.05) is 26.2 Å². The topological polar surface area (TPSA) is 32.7 Å². The van der Waals surface area contributed by atoms with Crippen LogP contribution in [-0.2, 0) is 11.3 Å². The number of phenolic OH excluding ortho intramolecular Hbond substituents is 1. The van der Waals surface area contributed by atoms with Gasteiger partial charge in [0.15, 0.2) is 11.6 Å². The van der Waals surface area contributed by atoms with Gasteiger partial charge in [0.2, 0.25) is 0 Å². The highest BCUT2D eigenvalue weighted by Crippen LogP contribution is 2.18. The van der Waals surface area contributed by atoms with Crippen LogP contribution in [0.3, 0.4) is 0 Å². The van der Waals surface area contributed by atoms with Gasteiger partial charge >= 0.3 is 0 Å². The average Bonchev–Trinajstić information content (AvgIpc) is 2.48. The van der Waals surface area contributed by atoms with Crippen LogP contribution in [-0.4, -0.2) is 35.8 Å². The van der Waals surface area contributed by atoms with Crippen LogP contribution in [0.1, 0.15) is 18.9 Å². The highest BCUT2D eigenvalue weighted by atomic mass is 19.1. The molecule has 1 atom stereocenters. The van der Waals surface area contributed by atoms with Gasteiger partial charge < -0.3 is 9.84 Å². The van der Waals surface area contributed by atoms with Crippen molar-refractivity contribution in [1.82, 2.24) is 4.90 Å². The SMILES string of the molecule is CC1CN(Cc2ccc(O)c(F)c2)CCCO1. The molecule has 4 heteroatoms. The summed E-state index contributed by atoms with van der Waals surface area (Å²) in [7, 11) is 0. The maximum Gasteiger partial charge on any atom is 0.165 e. The summed E-state index contributed by atoms with van der Waals surface area (Å²) < 4.78 is 18.8. The summed E-state index contributed by atoms with van der Waals surface area (Å²) in [6.07, 6.45) is 1.23. The number of hydrogen-bond donors (Lipinski definition) is 1. The van der Waals surface area contributed by atoms with Crippen LogP contribution in [0.25, 0.3) is 0 Å². The summed E-state index contributed by atoms with van der Waals surface area (Å²) in [6, 6.07) is 4.56. The summed E-state index contributed by atoms with van der Waals surface area (Å²) in [4.78, 5) is 2.25. The molecular weight excluding hydrogens is 221 g/mol. The van der Waals surface area contributed by atoms with Gasteiger partial charge in [-0.1, -0.05) is 6.07 Å². The first-order valence-corrected chi connectivity index (χ1v) is 5.96. The van der Waals surface area contributed by atoms with E-state index in [1.165, 1.54) is 12.1 Å². The molecule has 17 heavy (non-hydrogen) atoms. The van der Waals surface area contributed by atoms with Crippen LogP contribution >= 0.6 is 0 Å². The monoisotopic (exact) mass is 239 g/mol. The second kappa shape index (κ2) is 5.47. The van der Waals surface area contributed by atoms with Crippen molar-refractivity contribution < 1.29 is 14.2 Å². The van der Waals surface area contributed by atoms with Crippen molar-refractivity contribution in [3.8, 4) is 5.75 Å². The van der Waals surface area contributed by atoms with Gasteiger partial charge in [-0.05, 0) is 31.0 Å². The fourth-order valence-corrected chi connectivity index (χ4v) is 2.13. The molecule has 1 aromatic rings. The third kappa shape index (κ3) is 3.41. The second-order valence-corrected chi connectivity index (χ2v) is 4.56. The van der Waals surface area contributed by atoms with E-state index in [1.54, 1.807) is 6.07 Å². The van der Waals surface area contributed by atoms with E-state index in [9.17, 15) is 4.39 Å². The molecule has 2 rings (SSSR count). The van der Waals surface area contributed by atoms with Crippen LogP contribution in [0.4, 0.5) is 4.39 Å². The van der Waals surface area contributed by atoms with Crippen molar-refractivity contribution in [3.05, 3.63) is 29.6 Å². The minimum atomic E-state index is -0.554. The number of rotatable bonds is 2. The van der Waals surface area contributed by atoms with E-state index in [0.29, 0.717) is 6.54 Å². The van der Waals surface area contributed by atoms with E-state index in [0.717, 1.165) is 31.7 Å². The van der Waals surface area contributed by atoms with E-state index in [4.69, 9.17) is 9.84 Å². The number of phenols is 1. The number of halogens is 1. The maximum absolute atomic E-state index is 13.2. The van der Waals surface area contributed by atoms with Crippen LogP contribution in [0.2, 0.25) is 0 Å². The fourth-order valence-electron chi connectivity index (χ4n) is 2.13. The zero-order valence-electron chi connectivity index (χ0n) is 10.0. The Bertz CT molecular complexity index is 384. The Morgan fingerprint density at radius 1 is 1.53 bits per heavy atom. The van der Waals surface area contributed by atoms with Crippen molar-refractivity contribution in [2.45, 2.75) is 26.0 Å². The Labute approximate surface area is 101 Å². The zero-order valence-corrected chi connectivity index (χ0v) is 10.0. The Balaban J connectivity index is 2.01. The van der Waals surface area contributed by atoms with Gasteiger partial charge in [0.25, 0.3) is 0 Å². The molecule has 1 N–H and O–H groups in total. The van der Waals surface area contributed by atoms with Gasteiger partial charge in [-0.15, -0.1) is 0 Å². The van der Waals surface area contributed by atoms with Crippen LogP contribution in [0.15, 0.2) is 18.2 Å². The lowest BCUT2D eigenvalue weighted by Crippen LogP contribution is -2.29. The highest BCUT2D eigenvalue weighted by molar-refractivity contribution is 5.27. The molecular formula is C13H18FNO2. The normalized spacial score (nSPS) is 22.4. The first-order valence-electron chi connectivity index (χ1n) is 5.96. The van der Waals surface area contributed by atoms with Crippen molar-refractivity contribution in [3.63, 3.8) is 0 Å². The number of aromatic hydroxyl groups is 1. The molecule has 1 fully saturated rings. The molecule has 1 aliphatic heterocycles. The fraction of sp³-hybridized carbons (Fsp3) is 0.538. The average molecular weight is 239 g/mol. The van der Waals surface area contributed by atoms with Crippen molar-refractivity contribution in [1.29, 1.82) is 0 Å². The van der Waals surface area contributed by atoms with Crippen LogP contribution in [0, 0.1) is 5.82 Å². The lowest BCUT2D eigenvalue weighted by Gasteiger charge is -2.21. The molecule has 0 amide bonds. The molecule has 1 unspecified atom stereocenters. The Morgan fingerprint density at radius 3 is 3.12 bits per heavy atom. The molecule has 0 aliphatic carbocycles. The molecule has 0 bridgehead atoms. The minimum absolute atomic E-state index is 0.222. The highest BCUT2D eigenvalue weighted by Gasteiger charge is 2.15. The Hall–Kier alpha value is -1.13. The summed E-state index contributed by atoms with van der Waals surface area (Å²) >= 11 is 0. The van der Waals surface area contributed by atoms with E-state index in [1.807, 2.05) is 0 Å². The van der Waals surface area contributed by atoms with E-state index in [2.05, 4.69) is 11.8 Å². The first kappa shape index (κ1) is 12.3. The predicted octanol–water partition coefficient (Wildman–Crippen LogP) is 2.14. The van der Waals surface area contributed by atoms with Crippen molar-refractivity contribution in [2.75, 3.05) is 19.7 Å². The maximum atomic E-state index is 13.2. The molecule has 0 saturated carbocycles. The van der Waals surface area contributed by atoms with Gasteiger partial charge in [-0.3, -0.25) is 4.90 Å². The number of hydrogen-bond acceptors (Lipinski definition) is 3. The van der Waals surface area contributed by atoms with Gasteiger partial charge in [-0.2, -0.15) is 0 Å². The molecule has 0 spiro atoms. The summed E-state index contributed by atoms with van der Waals surface area (Å²) in [5.41, 5.74) is 0.884. The Morgan fingerprint density at radius 2 is 2.35 bits per heavy atom. The van der Waals surface area contributed by atoms with Crippen molar-refractivity contribution >= 4 is 0 Å². The number of benzene rings is 1. The quantitative estimate of drug-likeness (QED) is 0.858. The second-order valence-electron chi connectivity index (χ2n) is 4.56. The molecule has 3 nitrogen and oxygen atoms in total. The van der Waals surface area contributed by atoms with Crippen molar-refractivity contribution in [2.24, 2.45) is 0 Å². The molecule has 1 aromatic carbocycles. The third-order valence-electron chi connectivity index (χ3n) is 2.95. The van der Waals surface area contributed by atoms with Gasteiger partial charge in [0.05, 0.1) is 6.10 Å². The molecule has 0 radical (unpaired) electrons.